The summed E-state index contributed by atoms with van der Waals surface area (Å²) in [6, 6.07) is 0. The maximum absolute atomic E-state index is 2.44. The Morgan fingerprint density at radius 1 is 1.62 bits per heavy atom. The van der Waals surface area contributed by atoms with Gasteiger partial charge in [-0.15, -0.1) is 0 Å². The first-order chi connectivity index (χ1) is 3.71. The molecule has 1 heteroatoms. The molecule has 2 rings (SSSR count). The van der Waals surface area contributed by atoms with Crippen molar-refractivity contribution >= 4 is 0 Å². The molecule has 0 aromatic rings. The van der Waals surface area contributed by atoms with Crippen molar-refractivity contribution in [1.29, 1.82) is 0 Å². The lowest BCUT2D eigenvalue weighted by molar-refractivity contribution is 0.346. The van der Waals surface area contributed by atoms with Gasteiger partial charge in [0.25, 0.3) is 0 Å². The average Bonchev–Trinajstić information content (AvgIpc) is 2.07. The highest BCUT2D eigenvalue weighted by atomic mass is 15.2. The van der Waals surface area contributed by atoms with E-state index in [2.05, 4.69) is 18.9 Å². The standard InChI is InChI=1S/C7H13N/c1-7-3-6(7)4-8(2)5-7/h6H,3-5H2,1-2H3/t6-,7+/m0/s1. The first kappa shape index (κ1) is 4.80. The molecular formula is C7H13N. The third-order valence-electron chi connectivity index (χ3n) is 2.70. The van der Waals surface area contributed by atoms with Crippen molar-refractivity contribution in [2.75, 3.05) is 20.1 Å². The molecule has 2 atom stereocenters. The van der Waals surface area contributed by atoms with E-state index in [1.165, 1.54) is 19.5 Å². The van der Waals surface area contributed by atoms with Gasteiger partial charge in [-0.25, -0.2) is 0 Å². The Morgan fingerprint density at radius 2 is 2.38 bits per heavy atom. The maximum atomic E-state index is 2.44. The van der Waals surface area contributed by atoms with E-state index in [1.807, 2.05) is 0 Å². The molecule has 1 saturated carbocycles. The van der Waals surface area contributed by atoms with Gasteiger partial charge in [0.15, 0.2) is 0 Å². The minimum atomic E-state index is 0.759. The summed E-state index contributed by atoms with van der Waals surface area (Å²) in [5, 5.41) is 0. The molecule has 0 unspecified atom stereocenters. The smallest absolute Gasteiger partial charge is 0.00356 e. The van der Waals surface area contributed by atoms with Crippen LogP contribution in [0.15, 0.2) is 0 Å². The van der Waals surface area contributed by atoms with E-state index in [0.717, 1.165) is 11.3 Å². The Kier molecular flexibility index (Phi) is 0.663. The fourth-order valence-corrected chi connectivity index (χ4v) is 2.04. The molecule has 0 aromatic heterocycles. The summed E-state index contributed by atoms with van der Waals surface area (Å²) in [6.07, 6.45) is 1.50. The van der Waals surface area contributed by atoms with E-state index in [-0.39, 0.29) is 0 Å². The molecule has 1 heterocycles. The van der Waals surface area contributed by atoms with Crippen molar-refractivity contribution in [2.24, 2.45) is 11.3 Å². The Morgan fingerprint density at radius 3 is 2.62 bits per heavy atom. The molecule has 0 N–H and O–H groups in total. The highest BCUT2D eigenvalue weighted by Crippen LogP contribution is 2.56. The molecule has 1 aliphatic carbocycles. The third kappa shape index (κ3) is 0.455. The average molecular weight is 111 g/mol. The van der Waals surface area contributed by atoms with Crippen LogP contribution in [0.3, 0.4) is 0 Å². The summed E-state index contributed by atoms with van der Waals surface area (Å²) in [5.41, 5.74) is 0.759. The topological polar surface area (TPSA) is 3.24 Å². The number of likely N-dealkylation sites (tertiary alicyclic amines) is 1. The van der Waals surface area contributed by atoms with Gasteiger partial charge < -0.3 is 4.90 Å². The molecule has 8 heavy (non-hydrogen) atoms. The van der Waals surface area contributed by atoms with E-state index in [9.17, 15) is 0 Å². The second-order valence-corrected chi connectivity index (χ2v) is 3.75. The van der Waals surface area contributed by atoms with Crippen molar-refractivity contribution in [3.8, 4) is 0 Å². The van der Waals surface area contributed by atoms with Crippen LogP contribution in [0.2, 0.25) is 0 Å². The third-order valence-corrected chi connectivity index (χ3v) is 2.70. The molecule has 1 nitrogen and oxygen atoms in total. The van der Waals surface area contributed by atoms with Gasteiger partial charge in [-0.2, -0.15) is 0 Å². The molecular weight excluding hydrogens is 98.1 g/mol. The Labute approximate surface area is 50.7 Å². The van der Waals surface area contributed by atoms with Gasteiger partial charge >= 0.3 is 0 Å². The number of nitrogens with zero attached hydrogens (tertiary/aromatic N) is 1. The van der Waals surface area contributed by atoms with Gasteiger partial charge in [0.05, 0.1) is 0 Å². The second-order valence-electron chi connectivity index (χ2n) is 3.75. The fraction of sp³-hybridized carbons (Fsp3) is 1.00. The van der Waals surface area contributed by atoms with E-state index in [1.54, 1.807) is 0 Å². The van der Waals surface area contributed by atoms with Crippen LogP contribution in [0.1, 0.15) is 13.3 Å². The molecule has 0 radical (unpaired) electrons. The highest BCUT2D eigenvalue weighted by molar-refractivity contribution is 5.06. The molecule has 1 aliphatic heterocycles. The van der Waals surface area contributed by atoms with E-state index >= 15 is 0 Å². The summed E-state index contributed by atoms with van der Waals surface area (Å²) in [7, 11) is 2.22. The lowest BCUT2D eigenvalue weighted by atomic mass is 10.1. The van der Waals surface area contributed by atoms with Gasteiger partial charge in [-0.1, -0.05) is 6.92 Å². The van der Waals surface area contributed by atoms with Crippen LogP contribution in [0.5, 0.6) is 0 Å². The van der Waals surface area contributed by atoms with Gasteiger partial charge in [-0.3, -0.25) is 0 Å². The SMILES string of the molecule is CN1C[C@@H]2C[C@]2(C)C1. The van der Waals surface area contributed by atoms with E-state index in [4.69, 9.17) is 0 Å². The van der Waals surface area contributed by atoms with Crippen molar-refractivity contribution in [2.45, 2.75) is 13.3 Å². The van der Waals surface area contributed by atoms with E-state index < -0.39 is 0 Å². The second kappa shape index (κ2) is 1.10. The van der Waals surface area contributed by atoms with Gasteiger partial charge in [0.2, 0.25) is 0 Å². The van der Waals surface area contributed by atoms with Gasteiger partial charge in [0, 0.05) is 13.1 Å². The molecule has 2 aliphatic rings. The molecule has 1 saturated heterocycles. The van der Waals surface area contributed by atoms with Crippen molar-refractivity contribution < 1.29 is 0 Å². The van der Waals surface area contributed by atoms with Crippen LogP contribution < -0.4 is 0 Å². The monoisotopic (exact) mass is 111 g/mol. The van der Waals surface area contributed by atoms with Crippen LogP contribution in [0.4, 0.5) is 0 Å². The first-order valence-electron chi connectivity index (χ1n) is 3.39. The Bertz CT molecular complexity index is 122. The lowest BCUT2D eigenvalue weighted by Gasteiger charge is -2.10. The number of piperidine rings is 1. The molecule has 2 fully saturated rings. The van der Waals surface area contributed by atoms with Gasteiger partial charge in [-0.05, 0) is 24.8 Å². The molecule has 0 bridgehead atoms. The maximum Gasteiger partial charge on any atom is 0.00356 e. The zero-order valence-corrected chi connectivity index (χ0v) is 5.65. The number of fused-ring (bicyclic) bond motifs is 1. The number of rotatable bonds is 0. The predicted molar refractivity (Wildman–Crippen MR) is 33.7 cm³/mol. The van der Waals surface area contributed by atoms with Crippen LogP contribution in [0, 0.1) is 11.3 Å². The van der Waals surface area contributed by atoms with Crippen LogP contribution in [-0.4, -0.2) is 25.0 Å². The Hall–Kier alpha value is -0.0400. The zero-order valence-electron chi connectivity index (χ0n) is 5.65. The summed E-state index contributed by atoms with van der Waals surface area (Å²) in [4.78, 5) is 2.44. The summed E-state index contributed by atoms with van der Waals surface area (Å²) in [5.74, 6) is 1.06. The van der Waals surface area contributed by atoms with Crippen molar-refractivity contribution in [3.05, 3.63) is 0 Å². The summed E-state index contributed by atoms with van der Waals surface area (Å²) >= 11 is 0. The highest BCUT2D eigenvalue weighted by Gasteiger charge is 2.54. The molecule has 46 valence electrons. The Balaban J connectivity index is 2.10. The van der Waals surface area contributed by atoms with Gasteiger partial charge in [0.1, 0.15) is 0 Å². The summed E-state index contributed by atoms with van der Waals surface area (Å²) in [6.45, 7) is 5.11. The number of hydrogen-bond acceptors (Lipinski definition) is 1. The minimum absolute atomic E-state index is 0.759. The van der Waals surface area contributed by atoms with Crippen molar-refractivity contribution in [3.63, 3.8) is 0 Å². The zero-order chi connectivity index (χ0) is 5.78. The minimum Gasteiger partial charge on any atom is -0.306 e. The number of hydrogen-bond donors (Lipinski definition) is 0. The van der Waals surface area contributed by atoms with Crippen LogP contribution in [-0.2, 0) is 0 Å². The molecule has 0 aromatic carbocycles. The molecule has 0 amide bonds. The van der Waals surface area contributed by atoms with Crippen LogP contribution in [0.25, 0.3) is 0 Å². The quantitative estimate of drug-likeness (QED) is 0.450. The fourth-order valence-electron chi connectivity index (χ4n) is 2.04. The van der Waals surface area contributed by atoms with E-state index in [0.29, 0.717) is 0 Å². The summed E-state index contributed by atoms with van der Waals surface area (Å²) < 4.78 is 0. The largest absolute Gasteiger partial charge is 0.306 e. The van der Waals surface area contributed by atoms with Crippen molar-refractivity contribution in [1.82, 2.24) is 4.90 Å². The predicted octanol–water partition coefficient (Wildman–Crippen LogP) is 0.958. The van der Waals surface area contributed by atoms with Crippen LogP contribution >= 0.6 is 0 Å². The molecule has 0 spiro atoms. The lowest BCUT2D eigenvalue weighted by Crippen LogP contribution is -2.18. The normalized spacial score (nSPS) is 54.0. The first-order valence-corrected chi connectivity index (χ1v) is 3.39.